The van der Waals surface area contributed by atoms with E-state index >= 15 is 0 Å². The Balaban J connectivity index is 2.01. The highest BCUT2D eigenvalue weighted by Gasteiger charge is 2.45. The minimum absolute atomic E-state index is 0.235. The topological polar surface area (TPSA) is 24.9 Å². The van der Waals surface area contributed by atoms with Crippen LogP contribution in [-0.4, -0.2) is 12.0 Å². The molecule has 0 amide bonds. The first kappa shape index (κ1) is 12.4. The van der Waals surface area contributed by atoms with Gasteiger partial charge in [-0.15, -0.1) is 0 Å². The van der Waals surface area contributed by atoms with Crippen molar-refractivity contribution in [2.75, 3.05) is 7.05 Å². The predicted molar refractivity (Wildman–Crippen MR) is 78.0 cm³/mol. The van der Waals surface area contributed by atoms with Crippen LogP contribution >= 0.6 is 0 Å². The smallest absolute Gasteiger partial charge is 0.0431 e. The molecule has 1 aromatic carbocycles. The van der Waals surface area contributed by atoms with Gasteiger partial charge in [-0.1, -0.05) is 42.8 Å². The number of rotatable bonds is 4. The van der Waals surface area contributed by atoms with Crippen LogP contribution in [0, 0.1) is 0 Å². The molecule has 2 heteroatoms. The number of hydrogen-bond donors (Lipinski definition) is 1. The number of benzene rings is 1. The van der Waals surface area contributed by atoms with Gasteiger partial charge in [0.25, 0.3) is 0 Å². The monoisotopic (exact) mass is 252 g/mol. The molecule has 0 radical (unpaired) electrons. The maximum Gasteiger partial charge on any atom is 0.0431 e. The average molecular weight is 252 g/mol. The molecular formula is C17H20N2. The first-order chi connectivity index (χ1) is 9.37. The third kappa shape index (κ3) is 2.06. The molecular weight excluding hydrogens is 232 g/mol. The summed E-state index contributed by atoms with van der Waals surface area (Å²) in [5, 5.41) is 3.52. The SMILES string of the molecule is CNC(c1cccnc1)C1(c2ccccc2)CCC1. The van der Waals surface area contributed by atoms with Crippen LogP contribution in [0.4, 0.5) is 0 Å². The second-order valence-electron chi connectivity index (χ2n) is 5.38. The van der Waals surface area contributed by atoms with E-state index in [1.165, 1.54) is 30.4 Å². The van der Waals surface area contributed by atoms with E-state index in [-0.39, 0.29) is 5.41 Å². The van der Waals surface area contributed by atoms with E-state index in [1.54, 1.807) is 0 Å². The molecule has 1 aromatic heterocycles. The van der Waals surface area contributed by atoms with Crippen molar-refractivity contribution in [2.24, 2.45) is 0 Å². The molecule has 0 bridgehead atoms. The molecule has 1 fully saturated rings. The third-order valence-corrected chi connectivity index (χ3v) is 4.45. The highest BCUT2D eigenvalue weighted by molar-refractivity contribution is 5.34. The number of aromatic nitrogens is 1. The van der Waals surface area contributed by atoms with Crippen molar-refractivity contribution in [1.29, 1.82) is 0 Å². The summed E-state index contributed by atoms with van der Waals surface area (Å²) in [6, 6.07) is 15.5. The molecule has 1 aliphatic rings. The van der Waals surface area contributed by atoms with Gasteiger partial charge in [-0.3, -0.25) is 4.98 Å². The predicted octanol–water partition coefficient (Wildman–Crippen LogP) is 3.46. The number of nitrogens with one attached hydrogen (secondary N) is 1. The van der Waals surface area contributed by atoms with Gasteiger partial charge in [-0.2, -0.15) is 0 Å². The fraction of sp³-hybridized carbons (Fsp3) is 0.353. The van der Waals surface area contributed by atoms with Crippen LogP contribution in [-0.2, 0) is 5.41 Å². The Morgan fingerprint density at radius 2 is 1.89 bits per heavy atom. The minimum Gasteiger partial charge on any atom is -0.312 e. The number of hydrogen-bond acceptors (Lipinski definition) is 2. The lowest BCUT2D eigenvalue weighted by Crippen LogP contribution is -2.45. The van der Waals surface area contributed by atoms with E-state index in [2.05, 4.69) is 53.7 Å². The summed E-state index contributed by atoms with van der Waals surface area (Å²) >= 11 is 0. The zero-order valence-electron chi connectivity index (χ0n) is 11.3. The van der Waals surface area contributed by atoms with Gasteiger partial charge < -0.3 is 5.32 Å². The van der Waals surface area contributed by atoms with Crippen molar-refractivity contribution >= 4 is 0 Å². The van der Waals surface area contributed by atoms with E-state index in [1.807, 2.05) is 18.5 Å². The van der Waals surface area contributed by atoms with Gasteiger partial charge in [0.2, 0.25) is 0 Å². The van der Waals surface area contributed by atoms with Gasteiger partial charge >= 0.3 is 0 Å². The second-order valence-corrected chi connectivity index (χ2v) is 5.38. The Morgan fingerprint density at radius 3 is 2.42 bits per heavy atom. The zero-order chi connectivity index (χ0) is 13.1. The normalized spacial score (nSPS) is 18.6. The van der Waals surface area contributed by atoms with Crippen LogP contribution in [0.15, 0.2) is 54.9 Å². The van der Waals surface area contributed by atoms with E-state index in [0.717, 1.165) is 0 Å². The molecule has 19 heavy (non-hydrogen) atoms. The second kappa shape index (κ2) is 5.14. The Kier molecular flexibility index (Phi) is 3.34. The molecule has 2 nitrogen and oxygen atoms in total. The van der Waals surface area contributed by atoms with Crippen LogP contribution in [0.25, 0.3) is 0 Å². The lowest BCUT2D eigenvalue weighted by atomic mass is 9.59. The molecule has 1 aliphatic carbocycles. The summed E-state index contributed by atoms with van der Waals surface area (Å²) in [5.74, 6) is 0. The van der Waals surface area contributed by atoms with Crippen molar-refractivity contribution in [3.05, 3.63) is 66.0 Å². The van der Waals surface area contributed by atoms with Gasteiger partial charge in [0.1, 0.15) is 0 Å². The van der Waals surface area contributed by atoms with E-state index < -0.39 is 0 Å². The number of likely N-dealkylation sites (N-methyl/N-ethyl adjacent to an activating group) is 1. The summed E-state index contributed by atoms with van der Waals surface area (Å²) in [6.07, 6.45) is 7.64. The summed E-state index contributed by atoms with van der Waals surface area (Å²) < 4.78 is 0. The fourth-order valence-electron chi connectivity index (χ4n) is 3.38. The highest BCUT2D eigenvalue weighted by Crippen LogP contribution is 2.51. The van der Waals surface area contributed by atoms with Crippen molar-refractivity contribution in [3.8, 4) is 0 Å². The Morgan fingerprint density at radius 1 is 1.11 bits per heavy atom. The lowest BCUT2D eigenvalue weighted by Gasteiger charge is -2.48. The minimum atomic E-state index is 0.235. The summed E-state index contributed by atoms with van der Waals surface area (Å²) in [4.78, 5) is 4.28. The number of nitrogens with zero attached hydrogens (tertiary/aromatic N) is 1. The van der Waals surface area contributed by atoms with E-state index in [4.69, 9.17) is 0 Å². The van der Waals surface area contributed by atoms with Crippen LogP contribution in [0.1, 0.15) is 36.4 Å². The Hall–Kier alpha value is -1.67. The molecule has 1 heterocycles. The summed E-state index contributed by atoms with van der Waals surface area (Å²) in [6.45, 7) is 0. The molecule has 0 aliphatic heterocycles. The first-order valence-electron chi connectivity index (χ1n) is 6.99. The third-order valence-electron chi connectivity index (χ3n) is 4.45. The molecule has 2 aromatic rings. The molecule has 1 atom stereocenters. The summed E-state index contributed by atoms with van der Waals surface area (Å²) in [7, 11) is 2.06. The molecule has 3 rings (SSSR count). The van der Waals surface area contributed by atoms with E-state index in [0.29, 0.717) is 6.04 Å². The molecule has 1 unspecified atom stereocenters. The maximum absolute atomic E-state index is 4.28. The Bertz CT molecular complexity index is 517. The van der Waals surface area contributed by atoms with Gasteiger partial charge in [0.05, 0.1) is 0 Å². The van der Waals surface area contributed by atoms with Crippen LogP contribution in [0.5, 0.6) is 0 Å². The maximum atomic E-state index is 4.28. The zero-order valence-corrected chi connectivity index (χ0v) is 11.3. The van der Waals surface area contributed by atoms with Gasteiger partial charge in [0, 0.05) is 23.9 Å². The average Bonchev–Trinajstić information content (AvgIpc) is 2.44. The lowest BCUT2D eigenvalue weighted by molar-refractivity contribution is 0.175. The molecule has 98 valence electrons. The largest absolute Gasteiger partial charge is 0.312 e. The molecule has 0 saturated heterocycles. The van der Waals surface area contributed by atoms with Crippen molar-refractivity contribution in [1.82, 2.24) is 10.3 Å². The van der Waals surface area contributed by atoms with Gasteiger partial charge in [-0.25, -0.2) is 0 Å². The Labute approximate surface area is 114 Å². The van der Waals surface area contributed by atoms with Crippen LogP contribution in [0.2, 0.25) is 0 Å². The quantitative estimate of drug-likeness (QED) is 0.901. The van der Waals surface area contributed by atoms with Gasteiger partial charge in [-0.05, 0) is 37.1 Å². The fourth-order valence-corrected chi connectivity index (χ4v) is 3.38. The van der Waals surface area contributed by atoms with Crippen molar-refractivity contribution < 1.29 is 0 Å². The van der Waals surface area contributed by atoms with Crippen LogP contribution < -0.4 is 5.32 Å². The summed E-state index contributed by atoms with van der Waals surface area (Å²) in [5.41, 5.74) is 2.97. The standard InChI is InChI=1S/C17H20N2/c1-18-16(14-7-5-12-19-13-14)17(10-6-11-17)15-8-3-2-4-9-15/h2-5,7-9,12-13,16,18H,6,10-11H2,1H3. The van der Waals surface area contributed by atoms with Crippen LogP contribution in [0.3, 0.4) is 0 Å². The van der Waals surface area contributed by atoms with Gasteiger partial charge in [0.15, 0.2) is 0 Å². The molecule has 1 N–H and O–H groups in total. The first-order valence-corrected chi connectivity index (χ1v) is 6.99. The highest BCUT2D eigenvalue weighted by atomic mass is 14.9. The van der Waals surface area contributed by atoms with E-state index in [9.17, 15) is 0 Å². The number of pyridine rings is 1. The molecule has 1 saturated carbocycles. The van der Waals surface area contributed by atoms with Crippen molar-refractivity contribution in [3.63, 3.8) is 0 Å². The molecule has 0 spiro atoms. The van der Waals surface area contributed by atoms with Crippen molar-refractivity contribution in [2.45, 2.75) is 30.7 Å².